The summed E-state index contributed by atoms with van der Waals surface area (Å²) in [5.41, 5.74) is 7.63. The van der Waals surface area contributed by atoms with Gasteiger partial charge in [-0.1, -0.05) is 53.0 Å². The molecule has 246 valence electrons. The number of anilines is 3. The zero-order chi connectivity index (χ0) is 32.6. The number of benzene rings is 3. The third-order valence-corrected chi connectivity index (χ3v) is 11.4. The van der Waals surface area contributed by atoms with Crippen molar-refractivity contribution in [2.45, 2.75) is 51.5 Å². The second-order valence-electron chi connectivity index (χ2n) is 12.3. The van der Waals surface area contributed by atoms with Gasteiger partial charge in [0.25, 0.3) is 5.91 Å². The summed E-state index contributed by atoms with van der Waals surface area (Å²) in [6, 6.07) is 17.9. The van der Waals surface area contributed by atoms with Gasteiger partial charge in [-0.15, -0.1) is 0 Å². The molecule has 1 amide bonds. The molecule has 0 atom stereocenters. The lowest BCUT2D eigenvalue weighted by atomic mass is 9.91. The number of nitrogens with one attached hydrogen (secondary N) is 1. The molecule has 3 aliphatic rings. The Balaban J connectivity index is 0.961. The van der Waals surface area contributed by atoms with E-state index in [1.165, 1.54) is 45.9 Å². The number of hydrogen-bond donors (Lipinski definition) is 2. The fourth-order valence-electron chi connectivity index (χ4n) is 7.12. The second-order valence-corrected chi connectivity index (χ2v) is 14.4. The quantitative estimate of drug-likeness (QED) is 0.122. The first-order valence-corrected chi connectivity index (χ1v) is 18.1. The number of aromatic nitrogens is 2. The number of carbonyl (C=O) groups is 2. The number of thiazole rings is 2. The van der Waals surface area contributed by atoms with Crippen LogP contribution in [0.3, 0.4) is 0 Å². The minimum absolute atomic E-state index is 0.120. The lowest BCUT2D eigenvalue weighted by Crippen LogP contribution is -2.34. The van der Waals surface area contributed by atoms with Crippen molar-refractivity contribution in [1.82, 2.24) is 9.97 Å². The van der Waals surface area contributed by atoms with Crippen LogP contribution in [0.1, 0.15) is 56.8 Å². The third kappa shape index (κ3) is 6.06. The average Bonchev–Trinajstić information content (AvgIpc) is 3.70. The van der Waals surface area contributed by atoms with Gasteiger partial charge in [0.15, 0.2) is 10.3 Å². The molecule has 2 N–H and O–H groups in total. The molecule has 0 bridgehead atoms. The Morgan fingerprint density at radius 3 is 2.62 bits per heavy atom. The van der Waals surface area contributed by atoms with Gasteiger partial charge in [0.1, 0.15) is 5.75 Å². The zero-order valence-corrected chi connectivity index (χ0v) is 28.0. The molecule has 0 saturated carbocycles. The number of aryl methyl sites for hydroxylation is 2. The van der Waals surface area contributed by atoms with Crippen LogP contribution in [0.5, 0.6) is 11.6 Å². The third-order valence-electron chi connectivity index (χ3n) is 9.31. The van der Waals surface area contributed by atoms with Crippen molar-refractivity contribution >= 4 is 60.9 Å². The number of para-hydroxylation sites is 1. The van der Waals surface area contributed by atoms with Crippen molar-refractivity contribution in [1.29, 1.82) is 0 Å². The van der Waals surface area contributed by atoms with E-state index in [0.29, 0.717) is 48.4 Å². The van der Waals surface area contributed by atoms with Gasteiger partial charge >= 0.3 is 6.16 Å². The molecule has 0 spiro atoms. The summed E-state index contributed by atoms with van der Waals surface area (Å²) in [4.78, 5) is 39.6. The number of carboxylic acid groups (broad SMARTS) is 1. The standard InChI is InChI=1S/C36H35N5O5S2/c42-32(38-34-37-27-11-1-2-12-29(27)47-34)24-9-3-7-22-16-19-41(21-26(22)24)35-39-33(46-36(43)44)30(48-35)13-6-20-45-28-15-14-23-8-4-17-40-18-5-10-25(28)31(23)40/h1-3,7,9,11-12,14-15H,4-6,8,10,13,16-21H2,(H,43,44)(H,37,38,42). The fourth-order valence-corrected chi connectivity index (χ4v) is 9.04. The molecule has 0 fully saturated rings. The highest BCUT2D eigenvalue weighted by Crippen LogP contribution is 2.41. The summed E-state index contributed by atoms with van der Waals surface area (Å²) in [7, 11) is 0. The first-order valence-electron chi connectivity index (χ1n) is 16.5. The van der Waals surface area contributed by atoms with Crippen LogP contribution < -0.4 is 24.6 Å². The van der Waals surface area contributed by atoms with Crippen LogP contribution >= 0.6 is 22.7 Å². The number of hydrogen-bond acceptors (Lipinski definition) is 10. The van der Waals surface area contributed by atoms with Crippen LogP contribution in [0.25, 0.3) is 10.2 Å². The van der Waals surface area contributed by atoms with Crippen molar-refractivity contribution in [2.75, 3.05) is 41.4 Å². The highest BCUT2D eigenvalue weighted by Gasteiger charge is 2.28. The molecule has 0 aliphatic carbocycles. The lowest BCUT2D eigenvalue weighted by Gasteiger charge is -2.37. The second kappa shape index (κ2) is 13.1. The summed E-state index contributed by atoms with van der Waals surface area (Å²) in [6.07, 6.45) is 5.12. The molecule has 48 heavy (non-hydrogen) atoms. The number of nitrogens with zero attached hydrogens (tertiary/aromatic N) is 4. The van der Waals surface area contributed by atoms with Gasteiger partial charge in [-0.3, -0.25) is 10.1 Å². The first kappa shape index (κ1) is 30.6. The maximum Gasteiger partial charge on any atom is 0.512 e. The number of ether oxygens (including phenoxy) is 2. The molecule has 0 saturated heterocycles. The molecule has 5 heterocycles. The predicted octanol–water partition coefficient (Wildman–Crippen LogP) is 7.34. The van der Waals surface area contributed by atoms with Gasteiger partial charge in [0, 0.05) is 43.0 Å². The molecule has 12 heteroatoms. The summed E-state index contributed by atoms with van der Waals surface area (Å²) in [5.74, 6) is 0.875. The summed E-state index contributed by atoms with van der Waals surface area (Å²) in [6.45, 7) is 3.90. The van der Waals surface area contributed by atoms with Gasteiger partial charge in [-0.05, 0) is 85.9 Å². The zero-order valence-electron chi connectivity index (χ0n) is 26.4. The highest BCUT2D eigenvalue weighted by molar-refractivity contribution is 7.22. The highest BCUT2D eigenvalue weighted by atomic mass is 32.1. The van der Waals surface area contributed by atoms with E-state index in [-0.39, 0.29) is 11.8 Å². The monoisotopic (exact) mass is 681 g/mol. The van der Waals surface area contributed by atoms with Gasteiger partial charge in [-0.25, -0.2) is 9.78 Å². The Kier molecular flexibility index (Phi) is 8.35. The predicted molar refractivity (Wildman–Crippen MR) is 189 cm³/mol. The topological polar surface area (TPSA) is 117 Å². The largest absolute Gasteiger partial charge is 0.512 e. The SMILES string of the molecule is O=C(O)Oc1nc(N2CCc3cccc(C(=O)Nc4nc5ccccc5s4)c3C2)sc1CCCOc1ccc2c3c1CCCN3CCC2. The van der Waals surface area contributed by atoms with Crippen LogP contribution in [0.4, 0.5) is 20.7 Å². The van der Waals surface area contributed by atoms with Crippen LogP contribution in [0.15, 0.2) is 54.6 Å². The molecule has 8 rings (SSSR count). The van der Waals surface area contributed by atoms with Crippen LogP contribution in [-0.2, 0) is 32.2 Å². The number of fused-ring (bicyclic) bond motifs is 2. The Labute approximate surface area is 286 Å². The Morgan fingerprint density at radius 1 is 0.875 bits per heavy atom. The maximum atomic E-state index is 13.5. The number of carbonyl (C=O) groups excluding carboxylic acids is 1. The van der Waals surface area contributed by atoms with Crippen molar-refractivity contribution < 1.29 is 24.2 Å². The van der Waals surface area contributed by atoms with E-state index in [4.69, 9.17) is 9.47 Å². The van der Waals surface area contributed by atoms with E-state index in [0.717, 1.165) is 70.7 Å². The smallest absolute Gasteiger partial charge is 0.493 e. The molecular formula is C36H35N5O5S2. The van der Waals surface area contributed by atoms with E-state index in [1.54, 1.807) is 0 Å². The summed E-state index contributed by atoms with van der Waals surface area (Å²) in [5, 5.41) is 13.7. The molecule has 2 aromatic heterocycles. The van der Waals surface area contributed by atoms with Gasteiger partial charge in [0.2, 0.25) is 5.88 Å². The van der Waals surface area contributed by atoms with E-state index >= 15 is 0 Å². The summed E-state index contributed by atoms with van der Waals surface area (Å²) < 4.78 is 12.5. The van der Waals surface area contributed by atoms with E-state index in [2.05, 4.69) is 43.3 Å². The average molecular weight is 682 g/mol. The van der Waals surface area contributed by atoms with E-state index < -0.39 is 6.16 Å². The summed E-state index contributed by atoms with van der Waals surface area (Å²) >= 11 is 2.89. The van der Waals surface area contributed by atoms with Crippen molar-refractivity contribution in [3.63, 3.8) is 0 Å². The first-order chi connectivity index (χ1) is 23.5. The lowest BCUT2D eigenvalue weighted by molar-refractivity contribution is 0.102. The Hall–Kier alpha value is -4.68. The molecule has 0 radical (unpaired) electrons. The van der Waals surface area contributed by atoms with Crippen LogP contribution in [-0.4, -0.2) is 53.4 Å². The minimum Gasteiger partial charge on any atom is -0.493 e. The molecule has 5 aromatic rings. The minimum atomic E-state index is -1.39. The fraction of sp³-hybridized carbons (Fsp3) is 0.333. The van der Waals surface area contributed by atoms with Crippen LogP contribution in [0.2, 0.25) is 0 Å². The van der Waals surface area contributed by atoms with Gasteiger partial charge in [0.05, 0.1) is 21.7 Å². The van der Waals surface area contributed by atoms with Gasteiger partial charge < -0.3 is 24.4 Å². The Bertz CT molecular complexity index is 1990. The van der Waals surface area contributed by atoms with E-state index in [9.17, 15) is 14.7 Å². The van der Waals surface area contributed by atoms with Crippen molar-refractivity contribution in [2.24, 2.45) is 0 Å². The number of rotatable bonds is 9. The van der Waals surface area contributed by atoms with Crippen LogP contribution in [0, 0.1) is 0 Å². The molecule has 10 nitrogen and oxygen atoms in total. The number of amides is 1. The normalized spacial score (nSPS) is 15.2. The van der Waals surface area contributed by atoms with E-state index in [1.807, 2.05) is 36.4 Å². The Morgan fingerprint density at radius 2 is 1.75 bits per heavy atom. The molecule has 0 unspecified atom stereocenters. The van der Waals surface area contributed by atoms with Gasteiger partial charge in [-0.2, -0.15) is 4.98 Å². The molecule has 3 aliphatic heterocycles. The molecular weight excluding hydrogens is 647 g/mol. The molecule has 3 aromatic carbocycles. The van der Waals surface area contributed by atoms with Crippen molar-refractivity contribution in [3.05, 3.63) is 87.3 Å². The van der Waals surface area contributed by atoms with Crippen molar-refractivity contribution in [3.8, 4) is 11.6 Å². The maximum absolute atomic E-state index is 13.5.